The normalized spacial score (nSPS) is 11.8. The third kappa shape index (κ3) is 5.98. The SMILES string of the molecule is CC(C)(C)c1ccc(S(=O)(=O)NCCNc2ccc(Nc3ccncc3)nn2)cc1. The Bertz CT molecular complexity index is 1050. The molecular formula is C21H26N6O2S. The van der Waals surface area contributed by atoms with E-state index in [4.69, 9.17) is 0 Å². The lowest BCUT2D eigenvalue weighted by Gasteiger charge is -2.19. The van der Waals surface area contributed by atoms with Crippen LogP contribution in [0.4, 0.5) is 17.3 Å². The van der Waals surface area contributed by atoms with Gasteiger partial charge in [0.2, 0.25) is 10.0 Å². The Labute approximate surface area is 177 Å². The van der Waals surface area contributed by atoms with Crippen LogP contribution in [0.3, 0.4) is 0 Å². The van der Waals surface area contributed by atoms with E-state index in [0.717, 1.165) is 11.3 Å². The van der Waals surface area contributed by atoms with E-state index in [-0.39, 0.29) is 16.9 Å². The minimum atomic E-state index is -3.56. The molecule has 0 aliphatic rings. The van der Waals surface area contributed by atoms with Gasteiger partial charge < -0.3 is 10.6 Å². The molecule has 30 heavy (non-hydrogen) atoms. The number of benzene rings is 1. The van der Waals surface area contributed by atoms with Gasteiger partial charge in [-0.15, -0.1) is 10.2 Å². The highest BCUT2D eigenvalue weighted by molar-refractivity contribution is 7.89. The summed E-state index contributed by atoms with van der Waals surface area (Å²) in [6, 6.07) is 14.2. The summed E-state index contributed by atoms with van der Waals surface area (Å²) in [4.78, 5) is 4.21. The van der Waals surface area contributed by atoms with Crippen LogP contribution < -0.4 is 15.4 Å². The molecule has 0 aliphatic heterocycles. The summed E-state index contributed by atoms with van der Waals surface area (Å²) in [6.07, 6.45) is 3.37. The lowest BCUT2D eigenvalue weighted by atomic mass is 9.87. The van der Waals surface area contributed by atoms with E-state index < -0.39 is 10.0 Å². The summed E-state index contributed by atoms with van der Waals surface area (Å²) in [6.45, 7) is 6.87. The predicted molar refractivity (Wildman–Crippen MR) is 118 cm³/mol. The lowest BCUT2D eigenvalue weighted by Crippen LogP contribution is -2.29. The quantitative estimate of drug-likeness (QED) is 0.474. The van der Waals surface area contributed by atoms with Crippen molar-refractivity contribution in [3.63, 3.8) is 0 Å². The fourth-order valence-electron chi connectivity index (χ4n) is 2.67. The Kier molecular flexibility index (Phi) is 6.63. The summed E-state index contributed by atoms with van der Waals surface area (Å²) in [5.41, 5.74) is 1.93. The molecule has 1 aromatic carbocycles. The molecule has 0 spiro atoms. The van der Waals surface area contributed by atoms with E-state index in [2.05, 4.69) is 51.3 Å². The first-order chi connectivity index (χ1) is 14.2. The standard InChI is InChI=1S/C21H26N6O2S/c1-21(2,3)16-4-6-18(7-5-16)30(28,29)24-15-14-23-19-8-9-20(27-26-19)25-17-10-12-22-13-11-17/h4-13,24H,14-15H2,1-3H3,(H,23,26)(H,22,25,27). The second-order valence-electron chi connectivity index (χ2n) is 7.76. The van der Waals surface area contributed by atoms with E-state index in [1.165, 1.54) is 0 Å². The molecule has 0 unspecified atom stereocenters. The first-order valence-corrected chi connectivity index (χ1v) is 11.1. The third-order valence-corrected chi connectivity index (χ3v) is 5.85. The summed E-state index contributed by atoms with van der Waals surface area (Å²) < 4.78 is 27.5. The number of nitrogens with one attached hydrogen (secondary N) is 3. The van der Waals surface area contributed by atoms with Crippen molar-refractivity contribution in [1.82, 2.24) is 19.9 Å². The molecule has 0 amide bonds. The Morgan fingerprint density at radius 3 is 2.07 bits per heavy atom. The lowest BCUT2D eigenvalue weighted by molar-refractivity contribution is 0.579. The number of rotatable bonds is 8. The zero-order valence-corrected chi connectivity index (χ0v) is 18.1. The molecule has 9 heteroatoms. The molecule has 0 saturated heterocycles. The van der Waals surface area contributed by atoms with Crippen LogP contribution in [-0.2, 0) is 15.4 Å². The van der Waals surface area contributed by atoms with Crippen LogP contribution in [0.5, 0.6) is 0 Å². The van der Waals surface area contributed by atoms with Crippen molar-refractivity contribution in [3.05, 3.63) is 66.5 Å². The minimum absolute atomic E-state index is 0.0238. The summed E-state index contributed by atoms with van der Waals surface area (Å²) >= 11 is 0. The molecule has 2 heterocycles. The smallest absolute Gasteiger partial charge is 0.240 e. The monoisotopic (exact) mass is 426 g/mol. The number of pyridine rings is 1. The highest BCUT2D eigenvalue weighted by Crippen LogP contribution is 2.23. The first-order valence-electron chi connectivity index (χ1n) is 9.59. The molecule has 0 aliphatic carbocycles. The van der Waals surface area contributed by atoms with Gasteiger partial charge in [0.25, 0.3) is 0 Å². The maximum atomic E-state index is 12.4. The zero-order valence-electron chi connectivity index (χ0n) is 17.3. The summed E-state index contributed by atoms with van der Waals surface area (Å²) in [7, 11) is -3.56. The van der Waals surface area contributed by atoms with Gasteiger partial charge in [0.05, 0.1) is 4.90 Å². The number of anilines is 3. The van der Waals surface area contributed by atoms with Crippen molar-refractivity contribution < 1.29 is 8.42 Å². The van der Waals surface area contributed by atoms with E-state index in [1.807, 2.05) is 24.3 Å². The maximum absolute atomic E-state index is 12.4. The van der Waals surface area contributed by atoms with Gasteiger partial charge in [0.15, 0.2) is 5.82 Å². The van der Waals surface area contributed by atoms with E-state index in [0.29, 0.717) is 18.2 Å². The molecule has 158 valence electrons. The Morgan fingerprint density at radius 1 is 0.833 bits per heavy atom. The molecular weight excluding hydrogens is 400 g/mol. The number of nitrogens with zero attached hydrogens (tertiary/aromatic N) is 3. The van der Waals surface area contributed by atoms with Crippen LogP contribution in [0.1, 0.15) is 26.3 Å². The average molecular weight is 427 g/mol. The minimum Gasteiger partial charge on any atom is -0.367 e. The van der Waals surface area contributed by atoms with E-state index in [9.17, 15) is 8.42 Å². The molecule has 3 rings (SSSR count). The number of hydrogen-bond acceptors (Lipinski definition) is 7. The zero-order chi connectivity index (χ0) is 21.6. The van der Waals surface area contributed by atoms with Gasteiger partial charge in [0, 0.05) is 31.2 Å². The molecule has 8 nitrogen and oxygen atoms in total. The highest BCUT2D eigenvalue weighted by Gasteiger charge is 2.17. The van der Waals surface area contributed by atoms with E-state index in [1.54, 1.807) is 36.7 Å². The van der Waals surface area contributed by atoms with Crippen molar-refractivity contribution in [2.45, 2.75) is 31.1 Å². The number of hydrogen-bond donors (Lipinski definition) is 3. The van der Waals surface area contributed by atoms with Gasteiger partial charge in [-0.1, -0.05) is 32.9 Å². The van der Waals surface area contributed by atoms with Crippen molar-refractivity contribution in [2.75, 3.05) is 23.7 Å². The third-order valence-electron chi connectivity index (χ3n) is 4.37. The molecule has 0 bridgehead atoms. The van der Waals surface area contributed by atoms with Gasteiger partial charge in [0.1, 0.15) is 5.82 Å². The first kappa shape index (κ1) is 21.7. The Balaban J connectivity index is 1.48. The second kappa shape index (κ2) is 9.19. The molecule has 0 saturated carbocycles. The fourth-order valence-corrected chi connectivity index (χ4v) is 3.70. The predicted octanol–water partition coefficient (Wildman–Crippen LogP) is 3.30. The highest BCUT2D eigenvalue weighted by atomic mass is 32.2. The van der Waals surface area contributed by atoms with Crippen molar-refractivity contribution in [3.8, 4) is 0 Å². The Morgan fingerprint density at radius 2 is 1.47 bits per heavy atom. The van der Waals surface area contributed by atoms with Crippen LogP contribution in [0.2, 0.25) is 0 Å². The van der Waals surface area contributed by atoms with Gasteiger partial charge in [-0.3, -0.25) is 4.98 Å². The second-order valence-corrected chi connectivity index (χ2v) is 9.53. The van der Waals surface area contributed by atoms with Crippen LogP contribution in [0.15, 0.2) is 65.8 Å². The van der Waals surface area contributed by atoms with E-state index >= 15 is 0 Å². The van der Waals surface area contributed by atoms with Gasteiger partial charge in [-0.2, -0.15) is 0 Å². The van der Waals surface area contributed by atoms with Gasteiger partial charge in [-0.05, 0) is 47.4 Å². The van der Waals surface area contributed by atoms with Gasteiger partial charge in [-0.25, -0.2) is 13.1 Å². The number of aromatic nitrogens is 3. The number of sulfonamides is 1. The average Bonchev–Trinajstić information content (AvgIpc) is 2.73. The summed E-state index contributed by atoms with van der Waals surface area (Å²) in [5, 5.41) is 14.3. The molecule has 2 aromatic heterocycles. The van der Waals surface area contributed by atoms with Crippen LogP contribution >= 0.6 is 0 Å². The maximum Gasteiger partial charge on any atom is 0.240 e. The molecule has 3 N–H and O–H groups in total. The molecule has 0 radical (unpaired) electrons. The fraction of sp³-hybridized carbons (Fsp3) is 0.286. The molecule has 0 fully saturated rings. The van der Waals surface area contributed by atoms with Crippen LogP contribution in [-0.4, -0.2) is 36.7 Å². The molecule has 0 atom stereocenters. The van der Waals surface area contributed by atoms with Crippen molar-refractivity contribution >= 4 is 27.3 Å². The van der Waals surface area contributed by atoms with Crippen LogP contribution in [0.25, 0.3) is 0 Å². The van der Waals surface area contributed by atoms with Crippen LogP contribution in [0, 0.1) is 0 Å². The Hall–Kier alpha value is -3.04. The van der Waals surface area contributed by atoms with Crippen molar-refractivity contribution in [2.24, 2.45) is 0 Å². The van der Waals surface area contributed by atoms with Gasteiger partial charge >= 0.3 is 0 Å². The largest absolute Gasteiger partial charge is 0.367 e. The summed E-state index contributed by atoms with van der Waals surface area (Å²) in [5.74, 6) is 1.16. The molecule has 3 aromatic rings. The topological polar surface area (TPSA) is 109 Å². The van der Waals surface area contributed by atoms with Crippen molar-refractivity contribution in [1.29, 1.82) is 0 Å².